The molecule has 104 valence electrons. The van der Waals surface area contributed by atoms with Crippen molar-refractivity contribution in [2.45, 2.75) is 25.9 Å². The molecule has 2 rings (SSSR count). The lowest BCUT2D eigenvalue weighted by molar-refractivity contribution is 0.0703. The molecular formula is C14H18ClNO3. The Morgan fingerprint density at radius 1 is 1.42 bits per heavy atom. The van der Waals surface area contributed by atoms with Crippen LogP contribution in [0.4, 0.5) is 4.79 Å². The zero-order valence-electron chi connectivity index (χ0n) is 11.0. The van der Waals surface area contributed by atoms with E-state index in [2.05, 4.69) is 0 Å². The lowest BCUT2D eigenvalue weighted by atomic mass is 10.1. The summed E-state index contributed by atoms with van der Waals surface area (Å²) in [5.74, 6) is 0.780. The Labute approximate surface area is 118 Å². The number of hydrogen-bond donors (Lipinski definition) is 0. The largest absolute Gasteiger partial charge is 0.490 e. The van der Waals surface area contributed by atoms with E-state index in [1.807, 2.05) is 25.1 Å². The first-order valence-corrected chi connectivity index (χ1v) is 6.90. The average Bonchev–Trinajstić information content (AvgIpc) is 2.40. The fourth-order valence-corrected chi connectivity index (χ4v) is 2.28. The summed E-state index contributed by atoms with van der Waals surface area (Å²) >= 11 is 5.91. The second kappa shape index (κ2) is 6.66. The summed E-state index contributed by atoms with van der Waals surface area (Å²) in [6.07, 6.45) is 1.52. The van der Waals surface area contributed by atoms with E-state index < -0.39 is 0 Å². The van der Waals surface area contributed by atoms with Gasteiger partial charge in [-0.15, -0.1) is 0 Å². The first-order valence-electron chi connectivity index (χ1n) is 6.53. The van der Waals surface area contributed by atoms with E-state index in [0.717, 1.165) is 18.6 Å². The number of likely N-dealkylation sites (tertiary alicyclic amines) is 1. The van der Waals surface area contributed by atoms with Gasteiger partial charge in [-0.05, 0) is 25.1 Å². The molecule has 1 aliphatic rings. The zero-order valence-corrected chi connectivity index (χ0v) is 11.7. The number of halogens is 1. The number of carbonyl (C=O) groups is 1. The predicted octanol–water partition coefficient (Wildman–Crippen LogP) is 3.34. The van der Waals surface area contributed by atoms with Gasteiger partial charge in [0.15, 0.2) is 0 Å². The molecule has 1 aliphatic heterocycles. The summed E-state index contributed by atoms with van der Waals surface area (Å²) < 4.78 is 10.8. The van der Waals surface area contributed by atoms with Gasteiger partial charge in [0.05, 0.1) is 6.61 Å². The van der Waals surface area contributed by atoms with Crippen molar-refractivity contribution < 1.29 is 14.3 Å². The number of ether oxygens (including phenoxy) is 2. The lowest BCUT2D eigenvalue weighted by Gasteiger charge is -2.31. The highest BCUT2D eigenvalue weighted by molar-refractivity contribution is 6.30. The molecule has 1 amide bonds. The topological polar surface area (TPSA) is 38.8 Å². The molecule has 0 unspecified atom stereocenters. The van der Waals surface area contributed by atoms with Crippen LogP contribution in [0.3, 0.4) is 0 Å². The maximum absolute atomic E-state index is 11.6. The average molecular weight is 284 g/mol. The van der Waals surface area contributed by atoms with Gasteiger partial charge in [-0.1, -0.05) is 17.7 Å². The molecule has 1 fully saturated rings. The van der Waals surface area contributed by atoms with Crippen molar-refractivity contribution in [3.8, 4) is 5.75 Å². The molecule has 5 heteroatoms. The van der Waals surface area contributed by atoms with Crippen LogP contribution in [0.15, 0.2) is 24.3 Å². The molecule has 0 bridgehead atoms. The minimum atomic E-state index is -0.233. The number of rotatable bonds is 3. The Bertz CT molecular complexity index is 430. The molecular weight excluding hydrogens is 266 g/mol. The number of hydrogen-bond acceptors (Lipinski definition) is 3. The molecule has 1 aromatic rings. The van der Waals surface area contributed by atoms with Gasteiger partial charge in [-0.3, -0.25) is 0 Å². The summed E-state index contributed by atoms with van der Waals surface area (Å²) in [6, 6.07) is 7.38. The van der Waals surface area contributed by atoms with Crippen LogP contribution < -0.4 is 4.74 Å². The number of amides is 1. The van der Waals surface area contributed by atoms with Crippen LogP contribution in [0.5, 0.6) is 5.75 Å². The highest BCUT2D eigenvalue weighted by Crippen LogP contribution is 2.22. The van der Waals surface area contributed by atoms with Crippen molar-refractivity contribution in [1.29, 1.82) is 0 Å². The molecule has 0 aliphatic carbocycles. The standard InChI is InChI=1S/C14H18ClNO3/c1-2-18-14(17)16-8-6-12(7-9-16)19-13-5-3-4-11(15)10-13/h3-5,10,12H,2,6-9H2,1H3. The third-order valence-corrected chi connectivity index (χ3v) is 3.30. The van der Waals surface area contributed by atoms with Crippen LogP contribution in [0, 0.1) is 0 Å². The van der Waals surface area contributed by atoms with Crippen LogP contribution in [0.1, 0.15) is 19.8 Å². The zero-order chi connectivity index (χ0) is 13.7. The summed E-state index contributed by atoms with van der Waals surface area (Å²) in [5, 5.41) is 0.668. The molecule has 0 radical (unpaired) electrons. The smallest absolute Gasteiger partial charge is 0.409 e. The van der Waals surface area contributed by atoms with Gasteiger partial charge < -0.3 is 14.4 Å². The van der Waals surface area contributed by atoms with Gasteiger partial charge in [-0.2, -0.15) is 0 Å². The Kier molecular flexibility index (Phi) is 4.91. The van der Waals surface area contributed by atoms with E-state index in [0.29, 0.717) is 24.7 Å². The summed E-state index contributed by atoms with van der Waals surface area (Å²) in [4.78, 5) is 13.3. The van der Waals surface area contributed by atoms with Crippen molar-refractivity contribution in [3.05, 3.63) is 29.3 Å². The Hall–Kier alpha value is -1.42. The summed E-state index contributed by atoms with van der Waals surface area (Å²) in [5.41, 5.74) is 0. The molecule has 0 saturated carbocycles. The highest BCUT2D eigenvalue weighted by atomic mass is 35.5. The Morgan fingerprint density at radius 3 is 2.79 bits per heavy atom. The fraction of sp³-hybridized carbons (Fsp3) is 0.500. The van der Waals surface area contributed by atoms with Gasteiger partial charge in [0.25, 0.3) is 0 Å². The predicted molar refractivity (Wildman–Crippen MR) is 73.7 cm³/mol. The lowest BCUT2D eigenvalue weighted by Crippen LogP contribution is -2.42. The SMILES string of the molecule is CCOC(=O)N1CCC(Oc2cccc(Cl)c2)CC1. The maximum Gasteiger partial charge on any atom is 0.409 e. The Balaban J connectivity index is 1.82. The second-order valence-corrected chi connectivity index (χ2v) is 4.90. The number of benzene rings is 1. The first kappa shape index (κ1) is 14.0. The summed E-state index contributed by atoms with van der Waals surface area (Å²) in [7, 11) is 0. The molecule has 1 saturated heterocycles. The minimum Gasteiger partial charge on any atom is -0.490 e. The van der Waals surface area contributed by atoms with Crippen molar-refractivity contribution in [1.82, 2.24) is 4.90 Å². The van der Waals surface area contributed by atoms with Crippen molar-refractivity contribution in [2.75, 3.05) is 19.7 Å². The van der Waals surface area contributed by atoms with E-state index in [4.69, 9.17) is 21.1 Å². The number of nitrogens with zero attached hydrogens (tertiary/aromatic N) is 1. The van der Waals surface area contributed by atoms with Gasteiger partial charge in [0.2, 0.25) is 0 Å². The molecule has 0 aromatic heterocycles. The van der Waals surface area contributed by atoms with Crippen molar-refractivity contribution >= 4 is 17.7 Å². The Morgan fingerprint density at radius 2 is 2.16 bits per heavy atom. The van der Waals surface area contributed by atoms with Crippen LogP contribution >= 0.6 is 11.6 Å². The van der Waals surface area contributed by atoms with E-state index in [-0.39, 0.29) is 12.2 Å². The molecule has 1 heterocycles. The fourth-order valence-electron chi connectivity index (χ4n) is 2.10. The van der Waals surface area contributed by atoms with E-state index in [1.165, 1.54) is 0 Å². The van der Waals surface area contributed by atoms with Crippen molar-refractivity contribution in [3.63, 3.8) is 0 Å². The highest BCUT2D eigenvalue weighted by Gasteiger charge is 2.24. The molecule has 0 N–H and O–H groups in total. The van der Waals surface area contributed by atoms with Gasteiger partial charge in [-0.25, -0.2) is 4.79 Å². The monoisotopic (exact) mass is 283 g/mol. The van der Waals surface area contributed by atoms with Crippen LogP contribution in [0.2, 0.25) is 5.02 Å². The number of piperidine rings is 1. The first-order chi connectivity index (χ1) is 9.19. The molecule has 0 atom stereocenters. The van der Waals surface area contributed by atoms with Crippen molar-refractivity contribution in [2.24, 2.45) is 0 Å². The van der Waals surface area contributed by atoms with E-state index in [1.54, 1.807) is 11.0 Å². The molecule has 0 spiro atoms. The third kappa shape index (κ3) is 4.03. The second-order valence-electron chi connectivity index (χ2n) is 4.46. The third-order valence-electron chi connectivity index (χ3n) is 3.07. The van der Waals surface area contributed by atoms with E-state index >= 15 is 0 Å². The van der Waals surface area contributed by atoms with Gasteiger partial charge >= 0.3 is 6.09 Å². The maximum atomic E-state index is 11.6. The van der Waals surface area contributed by atoms with Gasteiger partial charge in [0, 0.05) is 31.0 Å². The molecule has 19 heavy (non-hydrogen) atoms. The molecule has 1 aromatic carbocycles. The molecule has 4 nitrogen and oxygen atoms in total. The van der Waals surface area contributed by atoms with Crippen LogP contribution in [-0.2, 0) is 4.74 Å². The van der Waals surface area contributed by atoms with E-state index in [9.17, 15) is 4.79 Å². The summed E-state index contributed by atoms with van der Waals surface area (Å²) in [6.45, 7) is 3.57. The van der Waals surface area contributed by atoms with Crippen LogP contribution in [0.25, 0.3) is 0 Å². The number of carbonyl (C=O) groups excluding carboxylic acids is 1. The minimum absolute atomic E-state index is 0.129. The normalized spacial score (nSPS) is 16.2. The van der Waals surface area contributed by atoms with Gasteiger partial charge in [0.1, 0.15) is 11.9 Å². The quantitative estimate of drug-likeness (QED) is 0.854. The van der Waals surface area contributed by atoms with Crippen LogP contribution in [-0.4, -0.2) is 36.8 Å².